The van der Waals surface area contributed by atoms with E-state index in [0.29, 0.717) is 10.8 Å². The summed E-state index contributed by atoms with van der Waals surface area (Å²) < 4.78 is 5.54. The van der Waals surface area contributed by atoms with Gasteiger partial charge in [-0.15, -0.1) is 0 Å². The highest BCUT2D eigenvalue weighted by Gasteiger charge is 2.36. The largest absolute Gasteiger partial charge is 0.431 e. The molecule has 21 heavy (non-hydrogen) atoms. The van der Waals surface area contributed by atoms with Crippen LogP contribution in [-0.4, -0.2) is 32.9 Å². The Morgan fingerprint density at radius 3 is 2.62 bits per heavy atom. The molecule has 0 unspecified atom stereocenters. The zero-order chi connectivity index (χ0) is 15.7. The lowest BCUT2D eigenvalue weighted by Gasteiger charge is -2.37. The van der Waals surface area contributed by atoms with Crippen molar-refractivity contribution in [2.24, 2.45) is 0 Å². The van der Waals surface area contributed by atoms with Gasteiger partial charge in [0.05, 0.1) is 16.9 Å². The smallest absolute Gasteiger partial charge is 0.257 e. The van der Waals surface area contributed by atoms with Crippen molar-refractivity contribution in [1.82, 2.24) is 10.3 Å². The van der Waals surface area contributed by atoms with Gasteiger partial charge in [0.1, 0.15) is 5.52 Å². The van der Waals surface area contributed by atoms with Crippen LogP contribution in [0.25, 0.3) is 11.1 Å². The van der Waals surface area contributed by atoms with Crippen molar-refractivity contribution in [3.05, 3.63) is 24.3 Å². The van der Waals surface area contributed by atoms with Gasteiger partial charge in [0.15, 0.2) is 5.58 Å². The van der Waals surface area contributed by atoms with Crippen molar-refractivity contribution in [3.8, 4) is 0 Å². The highest BCUT2D eigenvalue weighted by atomic mass is 32.2. The number of nitrogens with zero attached hydrogens (tertiary/aromatic N) is 1. The quantitative estimate of drug-likeness (QED) is 0.830. The Bertz CT molecular complexity index is 611. The fourth-order valence-corrected chi connectivity index (χ4v) is 2.22. The lowest BCUT2D eigenvalue weighted by atomic mass is 9.86. The Morgan fingerprint density at radius 1 is 1.33 bits per heavy atom. The molecule has 0 radical (unpaired) electrons. The van der Waals surface area contributed by atoms with Crippen LogP contribution in [0, 0.1) is 0 Å². The lowest BCUT2D eigenvalue weighted by molar-refractivity contribution is -0.123. The van der Waals surface area contributed by atoms with E-state index >= 15 is 0 Å². The maximum Gasteiger partial charge on any atom is 0.257 e. The molecule has 1 amide bonds. The van der Waals surface area contributed by atoms with Gasteiger partial charge in [-0.2, -0.15) is 0 Å². The van der Waals surface area contributed by atoms with E-state index in [4.69, 9.17) is 4.42 Å². The molecular formula is C15H20N2O3S. The third-order valence-electron chi connectivity index (χ3n) is 3.58. The van der Waals surface area contributed by atoms with Crippen LogP contribution in [0.15, 0.2) is 33.9 Å². The van der Waals surface area contributed by atoms with Crippen molar-refractivity contribution in [2.75, 3.05) is 5.75 Å². The monoisotopic (exact) mass is 308 g/mol. The number of rotatable bonds is 5. The first-order chi connectivity index (χ1) is 9.69. The van der Waals surface area contributed by atoms with Crippen molar-refractivity contribution < 1.29 is 14.3 Å². The van der Waals surface area contributed by atoms with E-state index in [2.05, 4.69) is 10.3 Å². The van der Waals surface area contributed by atoms with E-state index < -0.39 is 11.1 Å². The highest BCUT2D eigenvalue weighted by Crippen LogP contribution is 2.24. The van der Waals surface area contributed by atoms with Crippen LogP contribution in [0.1, 0.15) is 27.7 Å². The second-order valence-corrected chi connectivity index (χ2v) is 6.89. The van der Waals surface area contributed by atoms with Crippen molar-refractivity contribution >= 4 is 28.8 Å². The molecule has 0 fully saturated rings. The summed E-state index contributed by atoms with van der Waals surface area (Å²) in [7, 11) is 0. The van der Waals surface area contributed by atoms with Crippen molar-refractivity contribution in [3.63, 3.8) is 0 Å². The van der Waals surface area contributed by atoms with Crippen molar-refractivity contribution in [1.29, 1.82) is 0 Å². The van der Waals surface area contributed by atoms with Gasteiger partial charge in [-0.05, 0) is 39.8 Å². The van der Waals surface area contributed by atoms with E-state index in [1.165, 1.54) is 11.8 Å². The molecule has 0 aliphatic carbocycles. The lowest BCUT2D eigenvalue weighted by Crippen LogP contribution is -2.58. The third-order valence-corrected chi connectivity index (χ3v) is 4.41. The van der Waals surface area contributed by atoms with Crippen LogP contribution >= 0.6 is 11.8 Å². The average molecular weight is 308 g/mol. The number of benzene rings is 1. The second kappa shape index (κ2) is 5.69. The Morgan fingerprint density at radius 2 is 2.00 bits per heavy atom. The van der Waals surface area contributed by atoms with Gasteiger partial charge in [0, 0.05) is 0 Å². The van der Waals surface area contributed by atoms with Crippen LogP contribution in [0.5, 0.6) is 0 Å². The molecule has 2 N–H and O–H groups in total. The van der Waals surface area contributed by atoms with E-state index in [0.717, 1.165) is 5.52 Å². The van der Waals surface area contributed by atoms with Gasteiger partial charge in [0.2, 0.25) is 5.91 Å². The molecule has 0 saturated carbocycles. The van der Waals surface area contributed by atoms with E-state index in [-0.39, 0.29) is 11.7 Å². The first-order valence-electron chi connectivity index (χ1n) is 6.71. The van der Waals surface area contributed by atoms with Crippen LogP contribution in [0.2, 0.25) is 0 Å². The Hall–Kier alpha value is -1.53. The minimum absolute atomic E-state index is 0.172. The maximum absolute atomic E-state index is 12.0. The normalized spacial score (nSPS) is 12.6. The number of aliphatic hydroxyl groups is 1. The van der Waals surface area contributed by atoms with Gasteiger partial charge in [-0.25, -0.2) is 4.98 Å². The number of fused-ring (bicyclic) bond motifs is 1. The topological polar surface area (TPSA) is 75.4 Å². The molecule has 0 atom stereocenters. The summed E-state index contributed by atoms with van der Waals surface area (Å²) in [5.74, 6) is 0.0150. The van der Waals surface area contributed by atoms with E-state index in [1.54, 1.807) is 27.7 Å². The minimum Gasteiger partial charge on any atom is -0.431 e. The van der Waals surface area contributed by atoms with E-state index in [9.17, 15) is 9.90 Å². The number of hydrogen-bond donors (Lipinski definition) is 2. The molecule has 1 aromatic heterocycles. The number of para-hydroxylation sites is 2. The molecule has 0 aliphatic rings. The number of carbonyl (C=O) groups is 1. The van der Waals surface area contributed by atoms with Gasteiger partial charge in [0.25, 0.3) is 5.22 Å². The number of oxazole rings is 1. The molecule has 5 nitrogen and oxygen atoms in total. The number of aromatic nitrogens is 1. The average Bonchev–Trinajstić information content (AvgIpc) is 2.77. The number of nitrogens with one attached hydrogen (secondary N) is 1. The van der Waals surface area contributed by atoms with Gasteiger partial charge < -0.3 is 14.8 Å². The summed E-state index contributed by atoms with van der Waals surface area (Å²) in [5, 5.41) is 13.3. The predicted molar refractivity (Wildman–Crippen MR) is 83.3 cm³/mol. The molecule has 114 valence electrons. The molecule has 2 rings (SSSR count). The zero-order valence-electron chi connectivity index (χ0n) is 12.6. The zero-order valence-corrected chi connectivity index (χ0v) is 13.5. The van der Waals surface area contributed by atoms with Gasteiger partial charge >= 0.3 is 0 Å². The van der Waals surface area contributed by atoms with Gasteiger partial charge in [-0.3, -0.25) is 4.79 Å². The molecular weight excluding hydrogens is 288 g/mol. The molecule has 1 heterocycles. The Labute approximate surface area is 128 Å². The molecule has 0 bridgehead atoms. The van der Waals surface area contributed by atoms with E-state index in [1.807, 2.05) is 24.3 Å². The number of carbonyl (C=O) groups excluding carboxylic acids is 1. The summed E-state index contributed by atoms with van der Waals surface area (Å²) in [6.07, 6.45) is 0. The van der Waals surface area contributed by atoms with Crippen LogP contribution in [0.3, 0.4) is 0 Å². The maximum atomic E-state index is 12.0. The molecule has 2 aromatic rings. The summed E-state index contributed by atoms with van der Waals surface area (Å²) in [4.78, 5) is 16.3. The molecule has 0 aliphatic heterocycles. The molecule has 0 saturated heterocycles. The molecule has 0 spiro atoms. The van der Waals surface area contributed by atoms with Gasteiger partial charge in [-0.1, -0.05) is 23.9 Å². The number of amides is 1. The summed E-state index contributed by atoms with van der Waals surface area (Å²) in [6, 6.07) is 7.46. The first-order valence-corrected chi connectivity index (χ1v) is 7.69. The predicted octanol–water partition coefficient (Wildman–Crippen LogP) is 2.59. The Balaban J connectivity index is 1.95. The summed E-state index contributed by atoms with van der Waals surface area (Å²) >= 11 is 1.23. The molecule has 1 aromatic carbocycles. The third kappa shape index (κ3) is 3.77. The van der Waals surface area contributed by atoms with Crippen LogP contribution in [-0.2, 0) is 4.79 Å². The standard InChI is InChI=1S/C15H20N2O3S/c1-14(2,15(3,4)19)17-12(18)9-21-13-16-10-7-5-6-8-11(10)20-13/h5-8,19H,9H2,1-4H3,(H,17,18). The highest BCUT2D eigenvalue weighted by molar-refractivity contribution is 7.99. The summed E-state index contributed by atoms with van der Waals surface area (Å²) in [5.41, 5.74) is -0.244. The van der Waals surface area contributed by atoms with Crippen LogP contribution < -0.4 is 5.32 Å². The van der Waals surface area contributed by atoms with Crippen LogP contribution in [0.4, 0.5) is 0 Å². The number of thioether (sulfide) groups is 1. The summed E-state index contributed by atoms with van der Waals surface area (Å²) in [6.45, 7) is 6.91. The SMILES string of the molecule is CC(C)(O)C(C)(C)NC(=O)CSc1nc2ccccc2o1. The minimum atomic E-state index is -1.01. The second-order valence-electron chi connectivity index (χ2n) is 5.97. The molecule has 6 heteroatoms. The Kier molecular flexibility index (Phi) is 4.30. The first kappa shape index (κ1) is 15.9. The fraction of sp³-hybridized carbons (Fsp3) is 0.467. The van der Waals surface area contributed by atoms with Crippen molar-refractivity contribution in [2.45, 2.75) is 44.1 Å². The fourth-order valence-electron chi connectivity index (χ4n) is 1.58. The number of hydrogen-bond acceptors (Lipinski definition) is 5.